The zero-order valence-electron chi connectivity index (χ0n) is 8.47. The van der Waals surface area contributed by atoms with Gasteiger partial charge in [0.05, 0.1) is 12.5 Å². The van der Waals surface area contributed by atoms with Gasteiger partial charge in [-0.15, -0.1) is 0 Å². The molecule has 0 aliphatic rings. The normalized spacial score (nSPS) is 14.4. The lowest BCUT2D eigenvalue weighted by atomic mass is 10.0. The fraction of sp³-hybridized carbons (Fsp3) is 0.300. The molecule has 1 rings (SSSR count). The van der Waals surface area contributed by atoms with Gasteiger partial charge in [-0.3, -0.25) is 4.79 Å². The van der Waals surface area contributed by atoms with Crippen molar-refractivity contribution in [3.8, 4) is 5.75 Å². The van der Waals surface area contributed by atoms with E-state index in [2.05, 4.69) is 0 Å². The molecule has 0 saturated heterocycles. The summed E-state index contributed by atoms with van der Waals surface area (Å²) in [7, 11) is 0. The molecule has 0 fully saturated rings. The summed E-state index contributed by atoms with van der Waals surface area (Å²) < 4.78 is 25.5. The number of phenolic OH excluding ortho intramolecular Hbond substituents is 1. The topological polar surface area (TPSA) is 98.0 Å². The van der Waals surface area contributed by atoms with Crippen molar-refractivity contribution in [3.05, 3.63) is 29.3 Å². The molecule has 1 aromatic carbocycles. The highest BCUT2D eigenvalue weighted by molar-refractivity contribution is 5.67. The molecule has 2 atom stereocenters. The maximum absolute atomic E-state index is 12.9. The number of carbonyl (C=O) groups is 1. The molecule has 0 aliphatic carbocycles. The molecular formula is C10H10F2O5. The first-order valence-electron chi connectivity index (χ1n) is 4.58. The predicted molar refractivity (Wildman–Crippen MR) is 51.2 cm³/mol. The van der Waals surface area contributed by atoms with Gasteiger partial charge in [-0.2, -0.15) is 0 Å². The molecule has 0 heterocycles. The molecule has 0 saturated carbocycles. The summed E-state index contributed by atoms with van der Waals surface area (Å²) in [5, 5.41) is 36.4. The second-order valence-corrected chi connectivity index (χ2v) is 3.44. The van der Waals surface area contributed by atoms with E-state index in [1.807, 2.05) is 0 Å². The molecule has 94 valence electrons. The number of aromatic hydroxyl groups is 1. The van der Waals surface area contributed by atoms with Crippen LogP contribution in [0, 0.1) is 11.6 Å². The molecular weight excluding hydrogens is 238 g/mol. The van der Waals surface area contributed by atoms with Crippen LogP contribution in [-0.4, -0.2) is 32.5 Å². The zero-order valence-corrected chi connectivity index (χ0v) is 8.47. The van der Waals surface area contributed by atoms with Crippen molar-refractivity contribution < 1.29 is 34.0 Å². The predicted octanol–water partition coefficient (Wildman–Crippen LogP) is 0.539. The number of carboxylic acids is 1. The fourth-order valence-corrected chi connectivity index (χ4v) is 1.29. The molecule has 4 N–H and O–H groups in total. The Morgan fingerprint density at radius 1 is 1.24 bits per heavy atom. The van der Waals surface area contributed by atoms with Crippen LogP contribution in [0.1, 0.15) is 18.1 Å². The number of hydrogen-bond donors (Lipinski definition) is 4. The van der Waals surface area contributed by atoms with E-state index in [4.69, 9.17) is 5.11 Å². The monoisotopic (exact) mass is 248 g/mol. The summed E-state index contributed by atoms with van der Waals surface area (Å²) >= 11 is 0. The number of carboxylic acid groups (broad SMARTS) is 1. The number of aliphatic hydroxyl groups is 2. The van der Waals surface area contributed by atoms with E-state index in [9.17, 15) is 28.9 Å². The molecule has 5 nitrogen and oxygen atoms in total. The van der Waals surface area contributed by atoms with Gasteiger partial charge >= 0.3 is 5.97 Å². The smallest absolute Gasteiger partial charge is 0.306 e. The Morgan fingerprint density at radius 3 is 2.29 bits per heavy atom. The first-order valence-corrected chi connectivity index (χ1v) is 4.58. The average molecular weight is 248 g/mol. The lowest BCUT2D eigenvalue weighted by Gasteiger charge is -2.17. The van der Waals surface area contributed by atoms with Crippen molar-refractivity contribution in [1.29, 1.82) is 0 Å². The van der Waals surface area contributed by atoms with E-state index >= 15 is 0 Å². The van der Waals surface area contributed by atoms with Crippen molar-refractivity contribution in [2.45, 2.75) is 18.6 Å². The van der Waals surface area contributed by atoms with Gasteiger partial charge in [-0.1, -0.05) is 0 Å². The average Bonchev–Trinajstić information content (AvgIpc) is 2.21. The van der Waals surface area contributed by atoms with Crippen molar-refractivity contribution in [2.24, 2.45) is 0 Å². The Kier molecular flexibility index (Phi) is 3.97. The minimum absolute atomic E-state index is 0.432. The zero-order chi connectivity index (χ0) is 13.2. The highest BCUT2D eigenvalue weighted by Gasteiger charge is 2.25. The molecule has 0 aromatic heterocycles. The number of phenols is 1. The number of rotatable bonds is 4. The van der Waals surface area contributed by atoms with E-state index in [1.54, 1.807) is 0 Å². The molecule has 0 radical (unpaired) electrons. The number of benzene rings is 1. The van der Waals surface area contributed by atoms with Crippen LogP contribution in [0.25, 0.3) is 0 Å². The van der Waals surface area contributed by atoms with Crippen LogP contribution >= 0.6 is 0 Å². The van der Waals surface area contributed by atoms with E-state index < -0.39 is 47.5 Å². The second kappa shape index (κ2) is 5.07. The summed E-state index contributed by atoms with van der Waals surface area (Å²) in [5.74, 6) is -4.77. The van der Waals surface area contributed by atoms with Crippen LogP contribution in [0.4, 0.5) is 8.78 Å². The number of halogens is 2. The van der Waals surface area contributed by atoms with Gasteiger partial charge in [0.1, 0.15) is 11.9 Å². The van der Waals surface area contributed by atoms with Gasteiger partial charge in [0.25, 0.3) is 0 Å². The van der Waals surface area contributed by atoms with Crippen LogP contribution in [0.2, 0.25) is 0 Å². The lowest BCUT2D eigenvalue weighted by molar-refractivity contribution is -0.141. The van der Waals surface area contributed by atoms with Gasteiger partial charge in [0.15, 0.2) is 11.6 Å². The lowest BCUT2D eigenvalue weighted by Crippen LogP contribution is -2.22. The van der Waals surface area contributed by atoms with Gasteiger partial charge in [-0.25, -0.2) is 8.78 Å². The summed E-state index contributed by atoms with van der Waals surface area (Å²) in [6.07, 6.45) is -4.34. The molecule has 1 aromatic rings. The van der Waals surface area contributed by atoms with Crippen LogP contribution in [-0.2, 0) is 4.79 Å². The Bertz CT molecular complexity index is 435. The molecule has 7 heteroatoms. The molecule has 0 spiro atoms. The summed E-state index contributed by atoms with van der Waals surface area (Å²) in [5.41, 5.74) is -0.474. The Balaban J connectivity index is 2.99. The van der Waals surface area contributed by atoms with Crippen LogP contribution in [0.5, 0.6) is 5.75 Å². The highest BCUT2D eigenvalue weighted by Crippen LogP contribution is 2.29. The van der Waals surface area contributed by atoms with Crippen molar-refractivity contribution in [3.63, 3.8) is 0 Å². The van der Waals surface area contributed by atoms with Crippen molar-refractivity contribution >= 4 is 5.97 Å². The third-order valence-electron chi connectivity index (χ3n) is 2.14. The second-order valence-electron chi connectivity index (χ2n) is 3.44. The molecule has 17 heavy (non-hydrogen) atoms. The van der Waals surface area contributed by atoms with Gasteiger partial charge in [-0.05, 0) is 6.07 Å². The van der Waals surface area contributed by atoms with E-state index in [0.29, 0.717) is 12.1 Å². The molecule has 2 unspecified atom stereocenters. The van der Waals surface area contributed by atoms with Crippen molar-refractivity contribution in [2.75, 3.05) is 0 Å². The molecule has 0 amide bonds. The van der Waals surface area contributed by atoms with Crippen LogP contribution in [0.3, 0.4) is 0 Å². The standard InChI is InChI=1S/C10H10F2O5/c11-5-1-4(7(13)2-6(5)12)10(17)8(14)3-9(15)16/h1-2,8,10,13-14,17H,3H2,(H,15,16). The van der Waals surface area contributed by atoms with E-state index in [0.717, 1.165) is 0 Å². The fourth-order valence-electron chi connectivity index (χ4n) is 1.29. The SMILES string of the molecule is O=C(O)CC(O)C(O)c1cc(F)c(F)cc1O. The van der Waals surface area contributed by atoms with Gasteiger partial charge in [0, 0.05) is 11.6 Å². The van der Waals surface area contributed by atoms with E-state index in [-0.39, 0.29) is 0 Å². The molecule has 0 bridgehead atoms. The van der Waals surface area contributed by atoms with Crippen LogP contribution < -0.4 is 0 Å². The van der Waals surface area contributed by atoms with Crippen molar-refractivity contribution in [1.82, 2.24) is 0 Å². The van der Waals surface area contributed by atoms with Crippen LogP contribution in [0.15, 0.2) is 12.1 Å². The Labute approximate surface area is 94.6 Å². The highest BCUT2D eigenvalue weighted by atomic mass is 19.2. The van der Waals surface area contributed by atoms with E-state index in [1.165, 1.54) is 0 Å². The summed E-state index contributed by atoms with van der Waals surface area (Å²) in [4.78, 5) is 10.3. The van der Waals surface area contributed by atoms with Gasteiger partial charge < -0.3 is 20.4 Å². The number of aliphatic carboxylic acids is 1. The van der Waals surface area contributed by atoms with Gasteiger partial charge in [0.2, 0.25) is 0 Å². The minimum Gasteiger partial charge on any atom is -0.507 e. The minimum atomic E-state index is -1.82. The Hall–Kier alpha value is -1.73. The largest absolute Gasteiger partial charge is 0.507 e. The summed E-state index contributed by atoms with van der Waals surface area (Å²) in [6, 6.07) is 0.932. The Morgan fingerprint density at radius 2 is 1.76 bits per heavy atom. The maximum atomic E-state index is 12.9. The summed E-state index contributed by atoms with van der Waals surface area (Å²) in [6.45, 7) is 0. The number of hydrogen-bond acceptors (Lipinski definition) is 4. The first-order chi connectivity index (χ1) is 7.82. The third-order valence-corrected chi connectivity index (χ3v) is 2.14. The quantitative estimate of drug-likeness (QED) is 0.623. The number of aliphatic hydroxyl groups excluding tert-OH is 2. The first kappa shape index (κ1) is 13.3. The molecule has 0 aliphatic heterocycles. The maximum Gasteiger partial charge on any atom is 0.306 e. The third kappa shape index (κ3) is 3.11.